The van der Waals surface area contributed by atoms with Gasteiger partial charge in [-0.2, -0.15) is 0 Å². The van der Waals surface area contributed by atoms with Crippen LogP contribution in [0.1, 0.15) is 26.2 Å². The summed E-state index contributed by atoms with van der Waals surface area (Å²) >= 11 is 0. The molecule has 0 spiro atoms. The first-order chi connectivity index (χ1) is 10.4. The molecule has 1 aliphatic carbocycles. The standard InChI is InChI=1S/C17H26N2O2/c1-2-20-16-5-3-4-6-17(16)21-12-10-18-14-9-11-19(13-14)15-7-8-15/h3-6,14-15,18H,2,7-13H2,1H3. The van der Waals surface area contributed by atoms with Gasteiger partial charge in [0.2, 0.25) is 0 Å². The van der Waals surface area contributed by atoms with Crippen molar-refractivity contribution in [3.63, 3.8) is 0 Å². The predicted octanol–water partition coefficient (Wildman–Crippen LogP) is 2.29. The average Bonchev–Trinajstić information content (AvgIpc) is 3.25. The molecule has 4 heteroatoms. The number of hydrogen-bond donors (Lipinski definition) is 1. The van der Waals surface area contributed by atoms with Gasteiger partial charge < -0.3 is 14.8 Å². The Bertz CT molecular complexity index is 448. The molecule has 3 rings (SSSR count). The lowest BCUT2D eigenvalue weighted by Crippen LogP contribution is -2.35. The molecule has 1 aliphatic heterocycles. The minimum absolute atomic E-state index is 0.635. The second-order valence-electron chi connectivity index (χ2n) is 5.89. The first kappa shape index (κ1) is 14.7. The Morgan fingerprint density at radius 3 is 2.62 bits per heavy atom. The quantitative estimate of drug-likeness (QED) is 0.745. The molecule has 0 amide bonds. The number of hydrogen-bond acceptors (Lipinski definition) is 4. The largest absolute Gasteiger partial charge is 0.490 e. The minimum Gasteiger partial charge on any atom is -0.490 e. The zero-order chi connectivity index (χ0) is 14.5. The van der Waals surface area contributed by atoms with Gasteiger partial charge in [0.1, 0.15) is 6.61 Å². The number of para-hydroxylation sites is 2. The van der Waals surface area contributed by atoms with Crippen LogP contribution < -0.4 is 14.8 Å². The van der Waals surface area contributed by atoms with E-state index in [0.717, 1.165) is 24.1 Å². The maximum atomic E-state index is 5.84. The highest BCUT2D eigenvalue weighted by atomic mass is 16.5. The fourth-order valence-corrected chi connectivity index (χ4v) is 2.99. The Kier molecular flexibility index (Phi) is 4.99. The molecule has 1 aromatic rings. The Labute approximate surface area is 127 Å². The number of rotatable bonds is 8. The van der Waals surface area contributed by atoms with Crippen molar-refractivity contribution in [1.82, 2.24) is 10.2 Å². The van der Waals surface area contributed by atoms with Gasteiger partial charge in [-0.15, -0.1) is 0 Å². The van der Waals surface area contributed by atoms with E-state index in [0.29, 0.717) is 19.3 Å². The smallest absolute Gasteiger partial charge is 0.161 e. The first-order valence-electron chi connectivity index (χ1n) is 8.19. The van der Waals surface area contributed by atoms with Crippen molar-refractivity contribution in [3.8, 4) is 11.5 Å². The normalized spacial score (nSPS) is 22.4. The van der Waals surface area contributed by atoms with E-state index in [4.69, 9.17) is 9.47 Å². The minimum atomic E-state index is 0.635. The van der Waals surface area contributed by atoms with Gasteiger partial charge in [-0.25, -0.2) is 0 Å². The van der Waals surface area contributed by atoms with Crippen LogP contribution in [0.4, 0.5) is 0 Å². The molecule has 116 valence electrons. The topological polar surface area (TPSA) is 33.7 Å². The molecule has 1 saturated heterocycles. The molecule has 1 unspecified atom stereocenters. The van der Waals surface area contributed by atoms with E-state index in [9.17, 15) is 0 Å². The second kappa shape index (κ2) is 7.14. The summed E-state index contributed by atoms with van der Waals surface area (Å²) in [7, 11) is 0. The van der Waals surface area contributed by atoms with E-state index in [2.05, 4.69) is 10.2 Å². The lowest BCUT2D eigenvalue weighted by Gasteiger charge is -2.16. The third-order valence-corrected chi connectivity index (χ3v) is 4.22. The molecule has 0 radical (unpaired) electrons. The van der Waals surface area contributed by atoms with E-state index >= 15 is 0 Å². The van der Waals surface area contributed by atoms with E-state index in [-0.39, 0.29) is 0 Å². The van der Waals surface area contributed by atoms with Gasteiger partial charge in [-0.05, 0) is 38.3 Å². The summed E-state index contributed by atoms with van der Waals surface area (Å²) < 4.78 is 11.4. The Balaban J connectivity index is 1.36. The molecule has 0 bridgehead atoms. The number of benzene rings is 1. The Morgan fingerprint density at radius 2 is 1.90 bits per heavy atom. The van der Waals surface area contributed by atoms with Gasteiger partial charge in [0.15, 0.2) is 11.5 Å². The fraction of sp³-hybridized carbons (Fsp3) is 0.647. The molecule has 1 aromatic carbocycles. The SMILES string of the molecule is CCOc1ccccc1OCCNC1CCN(C2CC2)C1. The Hall–Kier alpha value is -1.26. The summed E-state index contributed by atoms with van der Waals surface area (Å²) in [6, 6.07) is 9.41. The third-order valence-electron chi connectivity index (χ3n) is 4.22. The van der Waals surface area contributed by atoms with Crippen molar-refractivity contribution in [2.45, 2.75) is 38.3 Å². The highest BCUT2D eigenvalue weighted by Gasteiger charge is 2.33. The van der Waals surface area contributed by atoms with Crippen molar-refractivity contribution in [1.29, 1.82) is 0 Å². The van der Waals surface area contributed by atoms with Crippen LogP contribution in [-0.4, -0.2) is 49.8 Å². The van der Waals surface area contributed by atoms with Crippen LogP contribution in [0, 0.1) is 0 Å². The maximum Gasteiger partial charge on any atom is 0.161 e. The average molecular weight is 290 g/mol. The van der Waals surface area contributed by atoms with E-state index in [1.165, 1.54) is 32.4 Å². The molecule has 1 N–H and O–H groups in total. The second-order valence-corrected chi connectivity index (χ2v) is 5.89. The van der Waals surface area contributed by atoms with E-state index in [1.54, 1.807) is 0 Å². The highest BCUT2D eigenvalue weighted by Crippen LogP contribution is 2.29. The monoisotopic (exact) mass is 290 g/mol. The molecule has 1 atom stereocenters. The lowest BCUT2D eigenvalue weighted by atomic mass is 10.2. The van der Waals surface area contributed by atoms with Crippen LogP contribution >= 0.6 is 0 Å². The van der Waals surface area contributed by atoms with Gasteiger partial charge in [0.25, 0.3) is 0 Å². The summed E-state index contributed by atoms with van der Waals surface area (Å²) in [5.74, 6) is 1.67. The highest BCUT2D eigenvalue weighted by molar-refractivity contribution is 5.39. The van der Waals surface area contributed by atoms with Gasteiger partial charge in [0, 0.05) is 31.7 Å². The lowest BCUT2D eigenvalue weighted by molar-refractivity contribution is 0.269. The molecular weight excluding hydrogens is 264 g/mol. The van der Waals surface area contributed by atoms with Crippen LogP contribution in [0.25, 0.3) is 0 Å². The Morgan fingerprint density at radius 1 is 1.14 bits per heavy atom. The van der Waals surface area contributed by atoms with Crippen molar-refractivity contribution in [2.75, 3.05) is 32.8 Å². The summed E-state index contributed by atoms with van der Waals surface area (Å²) in [6.07, 6.45) is 4.08. The summed E-state index contributed by atoms with van der Waals surface area (Å²) in [5, 5.41) is 3.61. The van der Waals surface area contributed by atoms with Gasteiger partial charge in [0.05, 0.1) is 6.61 Å². The molecule has 1 heterocycles. The zero-order valence-electron chi connectivity index (χ0n) is 12.9. The number of ether oxygens (including phenoxy) is 2. The first-order valence-corrected chi connectivity index (χ1v) is 8.19. The molecule has 21 heavy (non-hydrogen) atoms. The van der Waals surface area contributed by atoms with E-state index in [1.807, 2.05) is 31.2 Å². The van der Waals surface area contributed by atoms with E-state index < -0.39 is 0 Å². The zero-order valence-corrected chi connectivity index (χ0v) is 12.9. The molecule has 1 saturated carbocycles. The van der Waals surface area contributed by atoms with Crippen LogP contribution in [-0.2, 0) is 0 Å². The molecular formula is C17H26N2O2. The van der Waals surface area contributed by atoms with Crippen LogP contribution in [0.2, 0.25) is 0 Å². The van der Waals surface area contributed by atoms with Gasteiger partial charge >= 0.3 is 0 Å². The molecule has 2 aliphatic rings. The van der Waals surface area contributed by atoms with Crippen molar-refractivity contribution >= 4 is 0 Å². The van der Waals surface area contributed by atoms with Gasteiger partial charge in [-0.1, -0.05) is 12.1 Å². The molecule has 4 nitrogen and oxygen atoms in total. The van der Waals surface area contributed by atoms with Gasteiger partial charge in [-0.3, -0.25) is 4.90 Å². The molecule has 0 aromatic heterocycles. The number of nitrogens with one attached hydrogen (secondary N) is 1. The summed E-state index contributed by atoms with van der Waals surface area (Å²) in [4.78, 5) is 2.63. The molecule has 2 fully saturated rings. The van der Waals surface area contributed by atoms with Crippen molar-refractivity contribution in [2.24, 2.45) is 0 Å². The third kappa shape index (κ3) is 4.11. The summed E-state index contributed by atoms with van der Waals surface area (Å²) in [6.45, 7) is 6.70. The van der Waals surface area contributed by atoms with Crippen LogP contribution in [0.15, 0.2) is 24.3 Å². The number of nitrogens with zero attached hydrogens (tertiary/aromatic N) is 1. The van der Waals surface area contributed by atoms with Crippen LogP contribution in [0.3, 0.4) is 0 Å². The van der Waals surface area contributed by atoms with Crippen molar-refractivity contribution < 1.29 is 9.47 Å². The predicted molar refractivity (Wildman–Crippen MR) is 84.1 cm³/mol. The maximum absolute atomic E-state index is 5.84. The summed E-state index contributed by atoms with van der Waals surface area (Å²) in [5.41, 5.74) is 0. The van der Waals surface area contributed by atoms with Crippen LogP contribution in [0.5, 0.6) is 11.5 Å². The van der Waals surface area contributed by atoms with Crippen molar-refractivity contribution in [3.05, 3.63) is 24.3 Å². The fourth-order valence-electron chi connectivity index (χ4n) is 2.99. The number of likely N-dealkylation sites (tertiary alicyclic amines) is 1.